The molecule has 0 aliphatic carbocycles. The molecule has 0 aromatic heterocycles. The molecule has 4 nitrogen and oxygen atoms in total. The number of rotatable bonds is 5. The van der Waals surface area contributed by atoms with Crippen molar-refractivity contribution < 1.29 is 13.9 Å². The lowest BCUT2D eigenvalue weighted by molar-refractivity contribution is -0.139. The molecule has 0 saturated carbocycles. The molecule has 1 aliphatic rings. The summed E-state index contributed by atoms with van der Waals surface area (Å²) in [6, 6.07) is 11.1. The van der Waals surface area contributed by atoms with E-state index >= 15 is 0 Å². The Hall–Kier alpha value is -2.40. The topological polar surface area (TPSA) is 32.8 Å². The summed E-state index contributed by atoms with van der Waals surface area (Å²) in [5, 5.41) is 0. The van der Waals surface area contributed by atoms with E-state index in [2.05, 4.69) is 24.8 Å². The smallest absolute Gasteiger partial charge is 0.260 e. The number of carbonyl (C=O) groups is 1. The largest absolute Gasteiger partial charge is 0.483 e. The summed E-state index contributed by atoms with van der Waals surface area (Å²) in [7, 11) is 0. The van der Waals surface area contributed by atoms with Gasteiger partial charge in [-0.25, -0.2) is 4.39 Å². The van der Waals surface area contributed by atoms with Crippen LogP contribution in [0, 0.1) is 26.6 Å². The molecular formula is C24H31FN2O2. The number of amides is 1. The number of piperazine rings is 1. The Bertz CT molecular complexity index is 866. The van der Waals surface area contributed by atoms with Crippen molar-refractivity contribution >= 4 is 5.91 Å². The van der Waals surface area contributed by atoms with E-state index in [1.165, 1.54) is 12.1 Å². The van der Waals surface area contributed by atoms with Gasteiger partial charge in [0.2, 0.25) is 0 Å². The molecule has 0 bridgehead atoms. The van der Waals surface area contributed by atoms with Crippen LogP contribution in [0.3, 0.4) is 0 Å². The van der Waals surface area contributed by atoms with E-state index < -0.39 is 0 Å². The van der Waals surface area contributed by atoms with Gasteiger partial charge in [-0.05, 0) is 69.0 Å². The summed E-state index contributed by atoms with van der Waals surface area (Å²) in [4.78, 5) is 17.1. The normalized spacial score (nSPS) is 20.0. The van der Waals surface area contributed by atoms with Gasteiger partial charge in [0.1, 0.15) is 11.6 Å². The second-order valence-corrected chi connectivity index (χ2v) is 8.24. The van der Waals surface area contributed by atoms with E-state index in [0.717, 1.165) is 41.1 Å². The zero-order valence-corrected chi connectivity index (χ0v) is 18.0. The van der Waals surface area contributed by atoms with Gasteiger partial charge in [-0.15, -0.1) is 0 Å². The zero-order chi connectivity index (χ0) is 21.1. The molecule has 2 atom stereocenters. The Morgan fingerprint density at radius 3 is 2.34 bits per heavy atom. The number of nitrogens with zero attached hydrogens (tertiary/aromatic N) is 2. The number of halogens is 1. The highest BCUT2D eigenvalue weighted by atomic mass is 19.1. The van der Waals surface area contributed by atoms with Crippen LogP contribution in [0.2, 0.25) is 0 Å². The Labute approximate surface area is 173 Å². The Morgan fingerprint density at radius 1 is 1.00 bits per heavy atom. The summed E-state index contributed by atoms with van der Waals surface area (Å²) >= 11 is 0. The average molecular weight is 399 g/mol. The lowest BCUT2D eigenvalue weighted by atomic mass is 10.1. The Kier molecular flexibility index (Phi) is 6.58. The molecule has 1 saturated heterocycles. The molecule has 156 valence electrons. The van der Waals surface area contributed by atoms with Crippen molar-refractivity contribution in [1.29, 1.82) is 0 Å². The number of carbonyl (C=O) groups excluding carboxylic acids is 1. The van der Waals surface area contributed by atoms with Crippen LogP contribution in [0.5, 0.6) is 5.75 Å². The van der Waals surface area contributed by atoms with E-state index in [0.29, 0.717) is 6.54 Å². The first-order chi connectivity index (χ1) is 13.8. The molecule has 1 heterocycles. The standard InChI is InChI=1S/C24H31FN2O2/c1-16-6-7-17(2)24(20(16)5)29-15-23(28)27-13-18(3)26(12-19(27)4)14-21-8-10-22(25)11-9-21/h6-11,18-19H,12-15H2,1-5H3/t18-,19+/m0/s1. The molecule has 2 aromatic carbocycles. The van der Waals surface area contributed by atoms with Gasteiger partial charge in [-0.2, -0.15) is 0 Å². The Balaban J connectivity index is 1.60. The van der Waals surface area contributed by atoms with Crippen LogP contribution >= 0.6 is 0 Å². The summed E-state index contributed by atoms with van der Waals surface area (Å²) in [5.41, 5.74) is 4.38. The predicted octanol–water partition coefficient (Wildman–Crippen LogP) is 4.25. The zero-order valence-electron chi connectivity index (χ0n) is 18.0. The minimum Gasteiger partial charge on any atom is -0.483 e. The minimum atomic E-state index is -0.218. The molecule has 3 rings (SSSR count). The van der Waals surface area contributed by atoms with Gasteiger partial charge >= 0.3 is 0 Å². The maximum absolute atomic E-state index is 13.1. The monoisotopic (exact) mass is 398 g/mol. The highest BCUT2D eigenvalue weighted by Gasteiger charge is 2.32. The van der Waals surface area contributed by atoms with Gasteiger partial charge < -0.3 is 9.64 Å². The molecule has 0 spiro atoms. The number of ether oxygens (including phenoxy) is 1. The average Bonchev–Trinajstić information content (AvgIpc) is 2.69. The molecule has 2 aromatic rings. The van der Waals surface area contributed by atoms with Crippen LogP contribution in [0.1, 0.15) is 36.1 Å². The van der Waals surface area contributed by atoms with E-state index in [1.54, 1.807) is 0 Å². The molecule has 29 heavy (non-hydrogen) atoms. The lowest BCUT2D eigenvalue weighted by Gasteiger charge is -2.44. The predicted molar refractivity (Wildman–Crippen MR) is 114 cm³/mol. The summed E-state index contributed by atoms with van der Waals surface area (Å²) in [5.74, 6) is 0.616. The number of aryl methyl sites for hydroxylation is 2. The van der Waals surface area contributed by atoms with Crippen molar-refractivity contribution in [2.24, 2.45) is 0 Å². The van der Waals surface area contributed by atoms with Crippen molar-refractivity contribution in [2.75, 3.05) is 19.7 Å². The van der Waals surface area contributed by atoms with Crippen LogP contribution in [-0.4, -0.2) is 47.5 Å². The molecule has 0 unspecified atom stereocenters. The van der Waals surface area contributed by atoms with E-state index in [-0.39, 0.29) is 30.4 Å². The third-order valence-electron chi connectivity index (χ3n) is 5.95. The summed E-state index contributed by atoms with van der Waals surface area (Å²) in [6.07, 6.45) is 0. The second kappa shape index (κ2) is 8.95. The van der Waals surface area contributed by atoms with Crippen LogP contribution in [0.15, 0.2) is 36.4 Å². The van der Waals surface area contributed by atoms with Gasteiger partial charge in [0, 0.05) is 31.7 Å². The van der Waals surface area contributed by atoms with Gasteiger partial charge in [-0.3, -0.25) is 9.69 Å². The van der Waals surface area contributed by atoms with Crippen molar-refractivity contribution in [3.05, 3.63) is 64.5 Å². The molecular weight excluding hydrogens is 367 g/mol. The molecule has 5 heteroatoms. The van der Waals surface area contributed by atoms with E-state index in [1.807, 2.05) is 43.9 Å². The van der Waals surface area contributed by atoms with Crippen LogP contribution in [0.25, 0.3) is 0 Å². The molecule has 0 N–H and O–H groups in total. The van der Waals surface area contributed by atoms with Crippen molar-refractivity contribution in [2.45, 2.75) is 53.2 Å². The number of hydrogen-bond acceptors (Lipinski definition) is 3. The summed E-state index contributed by atoms with van der Waals surface area (Å²) < 4.78 is 19.1. The lowest BCUT2D eigenvalue weighted by Crippen LogP contribution is -2.58. The number of benzene rings is 2. The first kappa shape index (κ1) is 21.3. The molecule has 1 amide bonds. The third-order valence-corrected chi connectivity index (χ3v) is 5.95. The fraction of sp³-hybridized carbons (Fsp3) is 0.458. The fourth-order valence-corrected chi connectivity index (χ4v) is 3.95. The molecule has 0 radical (unpaired) electrons. The number of hydrogen-bond donors (Lipinski definition) is 0. The molecule has 1 fully saturated rings. The highest BCUT2D eigenvalue weighted by Crippen LogP contribution is 2.26. The maximum atomic E-state index is 13.1. The van der Waals surface area contributed by atoms with Gasteiger partial charge in [0.25, 0.3) is 5.91 Å². The first-order valence-corrected chi connectivity index (χ1v) is 10.2. The van der Waals surface area contributed by atoms with E-state index in [9.17, 15) is 9.18 Å². The maximum Gasteiger partial charge on any atom is 0.260 e. The molecule has 1 aliphatic heterocycles. The first-order valence-electron chi connectivity index (χ1n) is 10.2. The van der Waals surface area contributed by atoms with Crippen LogP contribution in [0.4, 0.5) is 4.39 Å². The van der Waals surface area contributed by atoms with Crippen molar-refractivity contribution in [3.63, 3.8) is 0 Å². The quantitative estimate of drug-likeness (QED) is 0.755. The Morgan fingerprint density at radius 2 is 1.66 bits per heavy atom. The van der Waals surface area contributed by atoms with Gasteiger partial charge in [0.05, 0.1) is 0 Å². The fourth-order valence-electron chi connectivity index (χ4n) is 3.95. The third kappa shape index (κ3) is 4.96. The summed E-state index contributed by atoms with van der Waals surface area (Å²) in [6.45, 7) is 12.5. The van der Waals surface area contributed by atoms with Crippen LogP contribution in [-0.2, 0) is 11.3 Å². The van der Waals surface area contributed by atoms with Gasteiger partial charge in [0.15, 0.2) is 6.61 Å². The van der Waals surface area contributed by atoms with Crippen LogP contribution < -0.4 is 4.74 Å². The minimum absolute atomic E-state index is 0.0195. The van der Waals surface area contributed by atoms with Crippen molar-refractivity contribution in [3.8, 4) is 5.75 Å². The van der Waals surface area contributed by atoms with Crippen molar-refractivity contribution in [1.82, 2.24) is 9.80 Å². The SMILES string of the molecule is Cc1ccc(C)c(OCC(=O)N2C[C@H](C)N(Cc3ccc(F)cc3)C[C@H]2C)c1C. The van der Waals surface area contributed by atoms with E-state index in [4.69, 9.17) is 4.74 Å². The second-order valence-electron chi connectivity index (χ2n) is 8.24. The highest BCUT2D eigenvalue weighted by molar-refractivity contribution is 5.78. The van der Waals surface area contributed by atoms with Gasteiger partial charge in [-0.1, -0.05) is 24.3 Å².